The largest absolute Gasteiger partial charge is 0.457 e. The van der Waals surface area contributed by atoms with E-state index in [0.717, 1.165) is 51.9 Å². The second kappa shape index (κ2) is 10.7. The number of fused-ring (bicyclic) bond motifs is 8. The summed E-state index contributed by atoms with van der Waals surface area (Å²) in [6.07, 6.45) is 1.91. The zero-order valence-corrected chi connectivity index (χ0v) is 30.0. The number of aromatic nitrogens is 2. The lowest BCUT2D eigenvalue weighted by atomic mass is 9.75. The monoisotopic (exact) mass is 664 g/mol. The first-order valence-corrected chi connectivity index (χ1v) is 18.0. The van der Waals surface area contributed by atoms with Gasteiger partial charge in [0.25, 0.3) is 0 Å². The SMILES string of the molecule is Cc1cc2c3c(c1)c1cc(C)c(Oc4cc(C5=N[C@H](c6ccccc6)[C@@H]6c7ccccc7CN56)c(C)cc4C)cc1n3-c1ncccc1C2(C)C. The van der Waals surface area contributed by atoms with E-state index in [4.69, 9.17) is 14.7 Å². The van der Waals surface area contributed by atoms with Crippen LogP contribution in [0.1, 0.15) is 81.6 Å². The average Bonchev–Trinajstić information content (AvgIpc) is 3.78. The van der Waals surface area contributed by atoms with Gasteiger partial charge in [0.2, 0.25) is 0 Å². The van der Waals surface area contributed by atoms with Crippen LogP contribution in [-0.4, -0.2) is 20.3 Å². The van der Waals surface area contributed by atoms with E-state index in [2.05, 4.69) is 154 Å². The number of pyridine rings is 1. The molecular formula is C46H40N4O. The van der Waals surface area contributed by atoms with E-state index in [1.165, 1.54) is 55.2 Å². The third kappa shape index (κ3) is 4.27. The minimum atomic E-state index is -0.166. The molecule has 2 atom stereocenters. The predicted octanol–water partition coefficient (Wildman–Crippen LogP) is 10.9. The predicted molar refractivity (Wildman–Crippen MR) is 207 cm³/mol. The summed E-state index contributed by atoms with van der Waals surface area (Å²) < 4.78 is 9.34. The van der Waals surface area contributed by atoms with Crippen molar-refractivity contribution in [1.29, 1.82) is 0 Å². The van der Waals surface area contributed by atoms with Gasteiger partial charge >= 0.3 is 0 Å². The lowest BCUT2D eigenvalue weighted by Gasteiger charge is -2.34. The zero-order valence-electron chi connectivity index (χ0n) is 30.0. The van der Waals surface area contributed by atoms with Gasteiger partial charge in [-0.1, -0.05) is 92.2 Å². The molecule has 5 heterocycles. The van der Waals surface area contributed by atoms with Crippen molar-refractivity contribution in [3.05, 3.63) is 165 Å². The number of rotatable bonds is 4. The molecule has 0 unspecified atom stereocenters. The first kappa shape index (κ1) is 30.2. The highest BCUT2D eigenvalue weighted by Crippen LogP contribution is 2.51. The molecule has 3 aliphatic heterocycles. The van der Waals surface area contributed by atoms with Gasteiger partial charge in [0.05, 0.1) is 17.1 Å². The topological polar surface area (TPSA) is 42.6 Å². The first-order chi connectivity index (χ1) is 24.7. The van der Waals surface area contributed by atoms with Crippen LogP contribution in [0.25, 0.3) is 27.6 Å². The summed E-state index contributed by atoms with van der Waals surface area (Å²) in [7, 11) is 0. The third-order valence-corrected chi connectivity index (χ3v) is 11.7. The van der Waals surface area contributed by atoms with Crippen molar-refractivity contribution < 1.29 is 4.74 Å². The molecule has 7 aromatic rings. The highest BCUT2D eigenvalue weighted by atomic mass is 16.5. The second-order valence-electron chi connectivity index (χ2n) is 15.3. The molecular weight excluding hydrogens is 625 g/mol. The van der Waals surface area contributed by atoms with Crippen molar-refractivity contribution in [3.63, 3.8) is 0 Å². The molecule has 0 radical (unpaired) electrons. The van der Waals surface area contributed by atoms with Crippen LogP contribution in [0.3, 0.4) is 0 Å². The Balaban J connectivity index is 1.11. The first-order valence-electron chi connectivity index (χ1n) is 18.0. The van der Waals surface area contributed by atoms with Crippen LogP contribution in [0.15, 0.2) is 114 Å². The Hall–Kier alpha value is -5.68. The summed E-state index contributed by atoms with van der Waals surface area (Å²) in [4.78, 5) is 13.0. The fraction of sp³-hybridized carbons (Fsp3) is 0.217. The standard InChI is InChI=1S/C46H40N4O/c1-26-19-35-34-22-29(4)40(24-38(34)50-42(35)37(20-26)46(5,6)36-17-12-18-47-45(36)50)51-39-23-33(27(2)21-28(39)3)44-48-41(30-13-8-7-9-14-30)43-32-16-11-10-15-31(32)25-49(43)44/h7-24,41,43H,25H2,1-6H3/t41-,43+/m1/s1. The van der Waals surface area contributed by atoms with E-state index in [1.807, 2.05) is 6.20 Å². The van der Waals surface area contributed by atoms with Gasteiger partial charge in [0.1, 0.15) is 29.2 Å². The van der Waals surface area contributed by atoms with Crippen molar-refractivity contribution in [2.75, 3.05) is 0 Å². The quantitative estimate of drug-likeness (QED) is 0.188. The van der Waals surface area contributed by atoms with E-state index < -0.39 is 0 Å². The second-order valence-corrected chi connectivity index (χ2v) is 15.3. The van der Waals surface area contributed by atoms with E-state index in [1.54, 1.807) is 0 Å². The maximum absolute atomic E-state index is 6.98. The molecule has 5 heteroatoms. The molecule has 0 fully saturated rings. The number of amidine groups is 1. The normalized spacial score (nSPS) is 18.2. The Labute approximate surface area is 298 Å². The van der Waals surface area contributed by atoms with Gasteiger partial charge in [0, 0.05) is 46.1 Å². The third-order valence-electron chi connectivity index (χ3n) is 11.7. The minimum absolute atomic E-state index is 0.0232. The molecule has 3 aliphatic rings. The number of ether oxygens (including phenoxy) is 1. The highest BCUT2D eigenvalue weighted by molar-refractivity contribution is 6.12. The number of hydrogen-bond acceptors (Lipinski definition) is 4. The molecule has 2 aromatic heterocycles. The molecule has 0 saturated carbocycles. The number of aryl methyl sites for hydroxylation is 4. The van der Waals surface area contributed by atoms with E-state index in [0.29, 0.717) is 0 Å². The Morgan fingerprint density at radius 2 is 1.49 bits per heavy atom. The average molecular weight is 665 g/mol. The van der Waals surface area contributed by atoms with Gasteiger partial charge in [0.15, 0.2) is 0 Å². The molecule has 0 aliphatic carbocycles. The van der Waals surface area contributed by atoms with Gasteiger partial charge in [-0.05, 0) is 90.9 Å². The van der Waals surface area contributed by atoms with Gasteiger partial charge in [-0.3, -0.25) is 9.56 Å². The Morgan fingerprint density at radius 3 is 2.33 bits per heavy atom. The van der Waals surface area contributed by atoms with Gasteiger partial charge < -0.3 is 9.64 Å². The van der Waals surface area contributed by atoms with E-state index in [-0.39, 0.29) is 17.5 Å². The summed E-state index contributed by atoms with van der Waals surface area (Å²) in [5, 5.41) is 2.49. The van der Waals surface area contributed by atoms with Crippen LogP contribution in [0.5, 0.6) is 11.5 Å². The number of nitrogens with zero attached hydrogens (tertiary/aromatic N) is 4. The number of hydrogen-bond donors (Lipinski definition) is 0. The maximum Gasteiger partial charge on any atom is 0.141 e. The van der Waals surface area contributed by atoms with Crippen LogP contribution in [0.4, 0.5) is 0 Å². The fourth-order valence-electron chi connectivity index (χ4n) is 9.11. The van der Waals surface area contributed by atoms with Crippen LogP contribution >= 0.6 is 0 Å². The van der Waals surface area contributed by atoms with Crippen LogP contribution in [-0.2, 0) is 12.0 Å². The molecule has 250 valence electrons. The number of benzene rings is 5. The van der Waals surface area contributed by atoms with Crippen molar-refractivity contribution in [1.82, 2.24) is 14.5 Å². The molecule has 5 nitrogen and oxygen atoms in total. The Kier molecular flexibility index (Phi) is 6.31. The van der Waals surface area contributed by atoms with Crippen molar-refractivity contribution in [2.45, 2.75) is 65.6 Å². The van der Waals surface area contributed by atoms with Gasteiger partial charge in [-0.2, -0.15) is 0 Å². The highest BCUT2D eigenvalue weighted by Gasteiger charge is 2.44. The summed E-state index contributed by atoms with van der Waals surface area (Å²) in [6.45, 7) is 14.2. The summed E-state index contributed by atoms with van der Waals surface area (Å²) in [6, 6.07) is 37.8. The molecule has 10 rings (SSSR count). The summed E-state index contributed by atoms with van der Waals surface area (Å²) >= 11 is 0. The van der Waals surface area contributed by atoms with Crippen LogP contribution in [0, 0.1) is 27.7 Å². The summed E-state index contributed by atoms with van der Waals surface area (Å²) in [5.41, 5.74) is 14.5. The Morgan fingerprint density at radius 1 is 0.725 bits per heavy atom. The molecule has 0 N–H and O–H groups in total. The van der Waals surface area contributed by atoms with Gasteiger partial charge in [-0.15, -0.1) is 0 Å². The Bertz CT molecular complexity index is 2630. The van der Waals surface area contributed by atoms with E-state index in [9.17, 15) is 0 Å². The van der Waals surface area contributed by atoms with Crippen molar-refractivity contribution in [2.24, 2.45) is 4.99 Å². The zero-order chi connectivity index (χ0) is 34.8. The van der Waals surface area contributed by atoms with E-state index >= 15 is 0 Å². The number of aliphatic imine (C=N–C) groups is 1. The fourth-order valence-corrected chi connectivity index (χ4v) is 9.11. The molecule has 0 bridgehead atoms. The molecule has 0 amide bonds. The lowest BCUT2D eigenvalue weighted by Crippen LogP contribution is -2.27. The minimum Gasteiger partial charge on any atom is -0.457 e. The maximum atomic E-state index is 6.98. The lowest BCUT2D eigenvalue weighted by molar-refractivity contribution is 0.341. The molecule has 5 aromatic carbocycles. The molecule has 0 spiro atoms. The molecule has 51 heavy (non-hydrogen) atoms. The van der Waals surface area contributed by atoms with Crippen molar-refractivity contribution >= 4 is 27.6 Å². The van der Waals surface area contributed by atoms with Crippen molar-refractivity contribution in [3.8, 4) is 17.3 Å². The van der Waals surface area contributed by atoms with Crippen LogP contribution in [0.2, 0.25) is 0 Å². The van der Waals surface area contributed by atoms with Gasteiger partial charge in [-0.25, -0.2) is 4.98 Å². The summed E-state index contributed by atoms with van der Waals surface area (Å²) in [5.74, 6) is 3.73. The van der Waals surface area contributed by atoms with Crippen LogP contribution < -0.4 is 4.74 Å². The smallest absolute Gasteiger partial charge is 0.141 e. The molecule has 0 saturated heterocycles.